The highest BCUT2D eigenvalue weighted by Gasteiger charge is 2.28. The van der Waals surface area contributed by atoms with Gasteiger partial charge in [0.2, 0.25) is 10.0 Å². The van der Waals surface area contributed by atoms with Crippen molar-refractivity contribution in [1.82, 2.24) is 15.6 Å². The molecule has 0 aliphatic heterocycles. The number of hydrogen-bond acceptors (Lipinski definition) is 4. The van der Waals surface area contributed by atoms with Crippen molar-refractivity contribution in [1.29, 1.82) is 0 Å². The first kappa shape index (κ1) is 22.4. The van der Waals surface area contributed by atoms with Gasteiger partial charge in [0.15, 0.2) is 0 Å². The molecular formula is C18H19BrClN3O4S. The van der Waals surface area contributed by atoms with Crippen molar-refractivity contribution in [3.8, 4) is 0 Å². The summed E-state index contributed by atoms with van der Waals surface area (Å²) in [6.07, 6.45) is 0. The summed E-state index contributed by atoms with van der Waals surface area (Å²) in [6, 6.07) is 11.3. The minimum atomic E-state index is -3.93. The number of carbonyl (C=O) groups is 2. The first-order chi connectivity index (χ1) is 13.1. The summed E-state index contributed by atoms with van der Waals surface area (Å²) in [5.74, 6) is -1.68. The molecule has 7 nitrogen and oxygen atoms in total. The van der Waals surface area contributed by atoms with E-state index in [1.54, 1.807) is 44.2 Å². The Morgan fingerprint density at radius 2 is 1.61 bits per heavy atom. The Labute approximate surface area is 177 Å². The van der Waals surface area contributed by atoms with E-state index in [1.165, 1.54) is 18.2 Å². The maximum Gasteiger partial charge on any atom is 0.271 e. The molecule has 0 aromatic heterocycles. The average molecular weight is 489 g/mol. The molecule has 0 bridgehead atoms. The van der Waals surface area contributed by atoms with Crippen molar-refractivity contribution in [2.45, 2.75) is 24.8 Å². The van der Waals surface area contributed by atoms with E-state index in [1.807, 2.05) is 0 Å². The highest BCUT2D eigenvalue weighted by Crippen LogP contribution is 2.16. The molecule has 0 saturated carbocycles. The van der Waals surface area contributed by atoms with E-state index in [-0.39, 0.29) is 21.4 Å². The van der Waals surface area contributed by atoms with Gasteiger partial charge in [-0.2, -0.15) is 4.72 Å². The molecule has 0 heterocycles. The van der Waals surface area contributed by atoms with Gasteiger partial charge in [0, 0.05) is 4.47 Å². The van der Waals surface area contributed by atoms with Crippen LogP contribution in [0.3, 0.4) is 0 Å². The van der Waals surface area contributed by atoms with Gasteiger partial charge in [-0.25, -0.2) is 8.42 Å². The molecule has 0 radical (unpaired) electrons. The highest BCUT2D eigenvalue weighted by atomic mass is 79.9. The molecular weight excluding hydrogens is 470 g/mol. The van der Waals surface area contributed by atoms with Gasteiger partial charge in [-0.05, 0) is 42.3 Å². The molecule has 2 amide bonds. The van der Waals surface area contributed by atoms with Gasteiger partial charge < -0.3 is 0 Å². The molecule has 2 aromatic carbocycles. The van der Waals surface area contributed by atoms with E-state index in [0.717, 1.165) is 4.47 Å². The number of sulfonamides is 1. The molecule has 0 fully saturated rings. The van der Waals surface area contributed by atoms with Gasteiger partial charge in [-0.15, -0.1) is 0 Å². The molecule has 0 spiro atoms. The van der Waals surface area contributed by atoms with Gasteiger partial charge in [0.1, 0.15) is 6.04 Å². The Hall–Kier alpha value is -1.94. The Balaban J connectivity index is 2.08. The number of nitrogens with one attached hydrogen (secondary N) is 3. The summed E-state index contributed by atoms with van der Waals surface area (Å²) in [7, 11) is -3.93. The van der Waals surface area contributed by atoms with Crippen molar-refractivity contribution < 1.29 is 18.0 Å². The molecule has 0 aliphatic carbocycles. The number of amides is 2. The summed E-state index contributed by atoms with van der Waals surface area (Å²) in [6.45, 7) is 3.37. The lowest BCUT2D eigenvalue weighted by atomic mass is 10.1. The van der Waals surface area contributed by atoms with E-state index in [0.29, 0.717) is 0 Å². The minimum absolute atomic E-state index is 0.0225. The average Bonchev–Trinajstić information content (AvgIpc) is 2.64. The fourth-order valence-electron chi connectivity index (χ4n) is 2.25. The third-order valence-corrected chi connectivity index (χ3v) is 6.09. The molecule has 0 saturated heterocycles. The number of hydrogen-bond donors (Lipinski definition) is 3. The third kappa shape index (κ3) is 5.78. The SMILES string of the molecule is CC(C)[C@H](NS(=O)(=O)c1ccc(Br)cc1)C(=O)NNC(=O)c1ccccc1Cl. The van der Waals surface area contributed by atoms with Crippen molar-refractivity contribution in [2.24, 2.45) is 5.92 Å². The van der Waals surface area contributed by atoms with Crippen molar-refractivity contribution in [3.05, 3.63) is 63.6 Å². The Bertz CT molecular complexity index is 965. The Kier molecular flexibility index (Phi) is 7.59. The number of benzene rings is 2. The normalized spacial score (nSPS) is 12.5. The van der Waals surface area contributed by atoms with E-state index < -0.39 is 27.9 Å². The number of hydrazine groups is 1. The number of carbonyl (C=O) groups excluding carboxylic acids is 2. The van der Waals surface area contributed by atoms with Crippen molar-refractivity contribution in [3.63, 3.8) is 0 Å². The van der Waals surface area contributed by atoms with E-state index >= 15 is 0 Å². The van der Waals surface area contributed by atoms with E-state index in [4.69, 9.17) is 11.6 Å². The summed E-state index contributed by atoms with van der Waals surface area (Å²) < 4.78 is 28.2. The third-order valence-electron chi connectivity index (χ3n) is 3.77. The quantitative estimate of drug-likeness (QED) is 0.544. The molecule has 3 N–H and O–H groups in total. The van der Waals surface area contributed by atoms with Gasteiger partial charge in [0.25, 0.3) is 11.8 Å². The largest absolute Gasteiger partial charge is 0.271 e. The van der Waals surface area contributed by atoms with Crippen LogP contribution >= 0.6 is 27.5 Å². The minimum Gasteiger partial charge on any atom is -0.271 e. The summed E-state index contributed by atoms with van der Waals surface area (Å²) in [5.41, 5.74) is 4.67. The smallest absolute Gasteiger partial charge is 0.271 e. The highest BCUT2D eigenvalue weighted by molar-refractivity contribution is 9.10. The maximum atomic E-state index is 12.6. The standard InChI is InChI=1S/C18H19BrClN3O4S/c1-11(2)16(23-28(26,27)13-9-7-12(19)8-10-13)18(25)22-21-17(24)14-5-3-4-6-15(14)20/h3-11,16,23H,1-2H3,(H,21,24)(H,22,25)/t16-/m0/s1. The lowest BCUT2D eigenvalue weighted by Gasteiger charge is -2.22. The van der Waals surface area contributed by atoms with Crippen LogP contribution in [0.5, 0.6) is 0 Å². The van der Waals surface area contributed by atoms with Gasteiger partial charge in [0.05, 0.1) is 15.5 Å². The van der Waals surface area contributed by atoms with Crippen molar-refractivity contribution >= 4 is 49.4 Å². The van der Waals surface area contributed by atoms with E-state index in [9.17, 15) is 18.0 Å². The molecule has 10 heteroatoms. The zero-order valence-electron chi connectivity index (χ0n) is 15.1. The van der Waals surface area contributed by atoms with Gasteiger partial charge in [-0.1, -0.05) is 53.5 Å². The first-order valence-corrected chi connectivity index (χ1v) is 10.9. The molecule has 2 aromatic rings. The van der Waals surface area contributed by atoms with Crippen LogP contribution in [0.4, 0.5) is 0 Å². The summed E-state index contributed by atoms with van der Waals surface area (Å²) in [4.78, 5) is 24.6. The van der Waals surface area contributed by atoms with Crippen LogP contribution in [0.25, 0.3) is 0 Å². The second-order valence-corrected chi connectivity index (χ2v) is 9.26. The maximum absolute atomic E-state index is 12.6. The van der Waals surface area contributed by atoms with Crippen LogP contribution in [0, 0.1) is 5.92 Å². The van der Waals surface area contributed by atoms with Crippen LogP contribution in [-0.2, 0) is 14.8 Å². The zero-order valence-corrected chi connectivity index (χ0v) is 18.2. The second-order valence-electron chi connectivity index (χ2n) is 6.22. The van der Waals surface area contributed by atoms with Crippen LogP contribution in [0.2, 0.25) is 5.02 Å². The zero-order chi connectivity index (χ0) is 20.9. The predicted octanol–water partition coefficient (Wildman–Crippen LogP) is 2.87. The fourth-order valence-corrected chi connectivity index (χ4v) is 4.08. The van der Waals surface area contributed by atoms with Gasteiger partial charge in [-0.3, -0.25) is 20.4 Å². The number of rotatable bonds is 6. The van der Waals surface area contributed by atoms with Crippen molar-refractivity contribution in [2.75, 3.05) is 0 Å². The topological polar surface area (TPSA) is 104 Å². The predicted molar refractivity (Wildman–Crippen MR) is 110 cm³/mol. The van der Waals surface area contributed by atoms with E-state index in [2.05, 4.69) is 31.5 Å². The molecule has 0 aliphatic rings. The van der Waals surface area contributed by atoms with Crippen LogP contribution in [0.1, 0.15) is 24.2 Å². The number of halogens is 2. The molecule has 2 rings (SSSR count). The lowest BCUT2D eigenvalue weighted by molar-refractivity contribution is -0.124. The van der Waals surface area contributed by atoms with Crippen LogP contribution < -0.4 is 15.6 Å². The summed E-state index contributed by atoms with van der Waals surface area (Å²) >= 11 is 9.18. The molecule has 1 atom stereocenters. The lowest BCUT2D eigenvalue weighted by Crippen LogP contribution is -2.54. The Morgan fingerprint density at radius 3 is 2.18 bits per heavy atom. The molecule has 150 valence electrons. The summed E-state index contributed by atoms with van der Waals surface area (Å²) in [5, 5.41) is 0.227. The second kappa shape index (κ2) is 9.51. The Morgan fingerprint density at radius 1 is 1.00 bits per heavy atom. The van der Waals surface area contributed by atoms with Crippen LogP contribution in [-0.4, -0.2) is 26.3 Å². The molecule has 0 unspecified atom stereocenters. The fraction of sp³-hybridized carbons (Fsp3) is 0.222. The molecule has 28 heavy (non-hydrogen) atoms. The van der Waals surface area contributed by atoms with Crippen LogP contribution in [0.15, 0.2) is 57.9 Å². The van der Waals surface area contributed by atoms with Gasteiger partial charge >= 0.3 is 0 Å². The monoisotopic (exact) mass is 487 g/mol. The first-order valence-electron chi connectivity index (χ1n) is 8.24.